The van der Waals surface area contributed by atoms with Gasteiger partial charge in [0.2, 0.25) is 5.95 Å². The average Bonchev–Trinajstić information content (AvgIpc) is 2.38. The molecule has 0 aliphatic carbocycles. The van der Waals surface area contributed by atoms with Gasteiger partial charge in [-0.25, -0.2) is 14.8 Å². The maximum absolute atomic E-state index is 11.0. The van der Waals surface area contributed by atoms with Gasteiger partial charge in [-0.15, -0.1) is 0 Å². The number of aromatic nitrogens is 2. The Kier molecular flexibility index (Phi) is 4.54. The number of anilines is 1. The Morgan fingerprint density at radius 2 is 2.10 bits per heavy atom. The number of carboxylic acids is 1. The van der Waals surface area contributed by atoms with Crippen LogP contribution in [0.25, 0.3) is 0 Å². The number of carboxylic acid groups (broad SMARTS) is 1. The predicted octanol–water partition coefficient (Wildman–Crippen LogP) is 1.26. The molecule has 1 aromatic rings. The summed E-state index contributed by atoms with van der Waals surface area (Å²) < 4.78 is 0. The third-order valence-electron chi connectivity index (χ3n) is 3.72. The smallest absolute Gasteiger partial charge is 0.339 e. The van der Waals surface area contributed by atoms with Crippen molar-refractivity contribution in [3.8, 4) is 0 Å². The normalized spacial score (nSPS) is 16.7. The summed E-state index contributed by atoms with van der Waals surface area (Å²) in [6.07, 6.45) is 3.66. The van der Waals surface area contributed by atoms with Crippen LogP contribution in [0.3, 0.4) is 0 Å². The first-order valence-corrected chi connectivity index (χ1v) is 6.94. The molecule has 0 saturated carbocycles. The van der Waals surface area contributed by atoms with Gasteiger partial charge < -0.3 is 14.9 Å². The Morgan fingerprint density at radius 3 is 2.60 bits per heavy atom. The van der Waals surface area contributed by atoms with Crippen LogP contribution >= 0.6 is 0 Å². The van der Waals surface area contributed by atoms with Crippen LogP contribution in [0.2, 0.25) is 0 Å². The van der Waals surface area contributed by atoms with Crippen LogP contribution < -0.4 is 4.90 Å². The van der Waals surface area contributed by atoms with Crippen molar-refractivity contribution >= 4 is 11.9 Å². The van der Waals surface area contributed by atoms with Crippen molar-refractivity contribution in [3.63, 3.8) is 0 Å². The molecule has 0 spiro atoms. The number of piperidine rings is 1. The van der Waals surface area contributed by atoms with E-state index in [1.54, 1.807) is 6.92 Å². The number of nitrogens with zero attached hydrogens (tertiary/aromatic N) is 4. The number of hydrogen-bond acceptors (Lipinski definition) is 5. The lowest BCUT2D eigenvalue weighted by Gasteiger charge is -2.33. The van der Waals surface area contributed by atoms with E-state index >= 15 is 0 Å². The number of carbonyl (C=O) groups is 1. The molecular weight excluding hydrogens is 256 g/mol. The molecule has 6 nitrogen and oxygen atoms in total. The first-order valence-electron chi connectivity index (χ1n) is 6.94. The summed E-state index contributed by atoms with van der Waals surface area (Å²) in [6, 6.07) is 0. The molecule has 20 heavy (non-hydrogen) atoms. The molecule has 0 radical (unpaired) electrons. The summed E-state index contributed by atoms with van der Waals surface area (Å²) >= 11 is 0. The number of aromatic carboxylic acids is 1. The fourth-order valence-electron chi connectivity index (χ4n) is 2.65. The molecule has 1 aliphatic rings. The molecule has 2 rings (SSSR count). The highest BCUT2D eigenvalue weighted by Gasteiger charge is 2.22. The van der Waals surface area contributed by atoms with Gasteiger partial charge in [-0.1, -0.05) is 0 Å². The lowest BCUT2D eigenvalue weighted by atomic mass is 9.97. The van der Waals surface area contributed by atoms with Crippen molar-refractivity contribution in [2.24, 2.45) is 5.92 Å². The monoisotopic (exact) mass is 278 g/mol. The zero-order valence-corrected chi connectivity index (χ0v) is 12.3. The van der Waals surface area contributed by atoms with Crippen molar-refractivity contribution in [1.29, 1.82) is 0 Å². The zero-order valence-electron chi connectivity index (χ0n) is 12.3. The molecule has 0 amide bonds. The first kappa shape index (κ1) is 14.7. The Hall–Kier alpha value is -1.69. The first-order chi connectivity index (χ1) is 9.47. The van der Waals surface area contributed by atoms with Gasteiger partial charge in [0, 0.05) is 25.8 Å². The van der Waals surface area contributed by atoms with Gasteiger partial charge in [-0.3, -0.25) is 0 Å². The molecule has 1 aromatic heterocycles. The lowest BCUT2D eigenvalue weighted by molar-refractivity contribution is 0.0695. The van der Waals surface area contributed by atoms with Crippen LogP contribution in [0.1, 0.15) is 28.9 Å². The fraction of sp³-hybridized carbons (Fsp3) is 0.643. The van der Waals surface area contributed by atoms with Crippen LogP contribution in [0.4, 0.5) is 5.95 Å². The van der Waals surface area contributed by atoms with E-state index < -0.39 is 5.97 Å². The van der Waals surface area contributed by atoms with E-state index in [0.29, 0.717) is 11.6 Å². The van der Waals surface area contributed by atoms with Crippen molar-refractivity contribution in [3.05, 3.63) is 17.5 Å². The lowest BCUT2D eigenvalue weighted by Crippen LogP contribution is -2.38. The molecule has 1 N–H and O–H groups in total. The molecule has 0 aromatic carbocycles. The molecule has 1 saturated heterocycles. The molecule has 0 unspecified atom stereocenters. The quantitative estimate of drug-likeness (QED) is 0.894. The number of hydrogen-bond donors (Lipinski definition) is 1. The van der Waals surface area contributed by atoms with Gasteiger partial charge in [0.25, 0.3) is 0 Å². The van der Waals surface area contributed by atoms with Crippen LogP contribution in [0.5, 0.6) is 0 Å². The zero-order chi connectivity index (χ0) is 14.7. The summed E-state index contributed by atoms with van der Waals surface area (Å²) in [7, 11) is 4.20. The molecule has 110 valence electrons. The van der Waals surface area contributed by atoms with Gasteiger partial charge in [0.1, 0.15) is 0 Å². The second-order valence-electron chi connectivity index (χ2n) is 5.67. The van der Waals surface area contributed by atoms with E-state index in [0.717, 1.165) is 38.4 Å². The molecule has 1 fully saturated rings. The van der Waals surface area contributed by atoms with Gasteiger partial charge in [0.05, 0.1) is 11.3 Å². The van der Waals surface area contributed by atoms with Crippen LogP contribution in [-0.4, -0.2) is 59.7 Å². The highest BCUT2D eigenvalue weighted by molar-refractivity contribution is 5.88. The van der Waals surface area contributed by atoms with E-state index in [9.17, 15) is 4.79 Å². The molecule has 1 aliphatic heterocycles. The van der Waals surface area contributed by atoms with E-state index in [1.165, 1.54) is 6.20 Å². The summed E-state index contributed by atoms with van der Waals surface area (Å²) in [5.41, 5.74) is 0.703. The Bertz CT molecular complexity index is 482. The van der Waals surface area contributed by atoms with Gasteiger partial charge in [-0.05, 0) is 39.8 Å². The largest absolute Gasteiger partial charge is 0.478 e. The van der Waals surface area contributed by atoms with Crippen molar-refractivity contribution in [2.45, 2.75) is 19.8 Å². The van der Waals surface area contributed by atoms with Crippen molar-refractivity contribution < 1.29 is 9.90 Å². The minimum atomic E-state index is -0.973. The second-order valence-corrected chi connectivity index (χ2v) is 5.67. The van der Waals surface area contributed by atoms with Crippen molar-refractivity contribution in [1.82, 2.24) is 14.9 Å². The minimum absolute atomic E-state index is 0.177. The van der Waals surface area contributed by atoms with E-state index in [1.807, 2.05) is 0 Å². The highest BCUT2D eigenvalue weighted by Crippen LogP contribution is 2.21. The predicted molar refractivity (Wildman–Crippen MR) is 77.2 cm³/mol. The standard InChI is InChI=1S/C14H22N4O2/c1-10-12(13(19)20)8-15-14(16-10)18-6-4-11(5-7-18)9-17(2)3/h8,11H,4-7,9H2,1-3H3,(H,19,20). The third-order valence-corrected chi connectivity index (χ3v) is 3.72. The summed E-state index contributed by atoms with van der Waals surface area (Å²) in [5, 5.41) is 8.99. The highest BCUT2D eigenvalue weighted by atomic mass is 16.4. The fourth-order valence-corrected chi connectivity index (χ4v) is 2.65. The van der Waals surface area contributed by atoms with E-state index in [4.69, 9.17) is 5.11 Å². The third kappa shape index (κ3) is 3.45. The molecule has 6 heteroatoms. The summed E-state index contributed by atoms with van der Waals surface area (Å²) in [4.78, 5) is 23.8. The molecule has 0 atom stereocenters. The van der Waals surface area contributed by atoms with Gasteiger partial charge in [-0.2, -0.15) is 0 Å². The van der Waals surface area contributed by atoms with Crippen molar-refractivity contribution in [2.75, 3.05) is 38.6 Å². The molecular formula is C14H22N4O2. The maximum Gasteiger partial charge on any atom is 0.339 e. The number of rotatable bonds is 4. The SMILES string of the molecule is Cc1nc(N2CCC(CN(C)C)CC2)ncc1C(=O)O. The Labute approximate surface area is 119 Å². The minimum Gasteiger partial charge on any atom is -0.478 e. The van der Waals surface area contributed by atoms with Crippen LogP contribution in [-0.2, 0) is 0 Å². The van der Waals surface area contributed by atoms with Gasteiger partial charge >= 0.3 is 5.97 Å². The number of aryl methyl sites for hydroxylation is 1. The average molecular weight is 278 g/mol. The summed E-state index contributed by atoms with van der Waals surface area (Å²) in [6.45, 7) is 4.70. The Balaban J connectivity index is 2.00. The van der Waals surface area contributed by atoms with E-state index in [2.05, 4.69) is 33.9 Å². The van der Waals surface area contributed by atoms with E-state index in [-0.39, 0.29) is 5.56 Å². The maximum atomic E-state index is 11.0. The molecule has 2 heterocycles. The second kappa shape index (κ2) is 6.17. The van der Waals surface area contributed by atoms with Crippen LogP contribution in [0.15, 0.2) is 6.20 Å². The summed E-state index contributed by atoms with van der Waals surface area (Å²) in [5.74, 6) is 0.398. The molecule has 0 bridgehead atoms. The van der Waals surface area contributed by atoms with Crippen LogP contribution in [0, 0.1) is 12.8 Å². The Morgan fingerprint density at radius 1 is 1.45 bits per heavy atom. The van der Waals surface area contributed by atoms with Gasteiger partial charge in [0.15, 0.2) is 0 Å². The topological polar surface area (TPSA) is 69.6 Å².